The summed E-state index contributed by atoms with van der Waals surface area (Å²) in [6.45, 7) is 2.15. The van der Waals surface area contributed by atoms with Gasteiger partial charge in [0, 0.05) is 31.8 Å². The summed E-state index contributed by atoms with van der Waals surface area (Å²) in [4.78, 5) is 12.5. The third-order valence-electron chi connectivity index (χ3n) is 4.87. The summed E-state index contributed by atoms with van der Waals surface area (Å²) in [6, 6.07) is 4.53. The summed E-state index contributed by atoms with van der Waals surface area (Å²) >= 11 is 0. The molecule has 2 aliphatic heterocycles. The van der Waals surface area contributed by atoms with E-state index < -0.39 is 10.0 Å². The van der Waals surface area contributed by atoms with Crippen molar-refractivity contribution in [2.45, 2.75) is 43.1 Å². The molecule has 2 heterocycles. The summed E-state index contributed by atoms with van der Waals surface area (Å²) in [7, 11) is -2.26. The molecule has 0 saturated carbocycles. The Labute approximate surface area is 154 Å². The summed E-state index contributed by atoms with van der Waals surface area (Å²) in [5, 5.41) is 2.82. The van der Waals surface area contributed by atoms with Crippen molar-refractivity contribution in [3.63, 3.8) is 0 Å². The topological polar surface area (TPSA) is 84.9 Å². The van der Waals surface area contributed by atoms with Crippen molar-refractivity contribution in [3.8, 4) is 5.75 Å². The number of carbonyl (C=O) groups is 1. The maximum atomic E-state index is 13.0. The highest BCUT2D eigenvalue weighted by atomic mass is 32.2. The van der Waals surface area contributed by atoms with Crippen LogP contribution < -0.4 is 10.1 Å². The summed E-state index contributed by atoms with van der Waals surface area (Å²) < 4.78 is 38.2. The van der Waals surface area contributed by atoms with E-state index in [0.717, 1.165) is 38.7 Å². The Bertz CT molecular complexity index is 738. The SMILES string of the molecule is COc1ccc(C(=O)NC[C@H]2CCCO2)cc1S(=O)(=O)N1CCCCC1. The molecule has 2 fully saturated rings. The summed E-state index contributed by atoms with van der Waals surface area (Å²) in [5.41, 5.74) is 0.305. The van der Waals surface area contributed by atoms with Crippen LogP contribution in [0.5, 0.6) is 5.75 Å². The van der Waals surface area contributed by atoms with Crippen LogP contribution in [0.3, 0.4) is 0 Å². The standard InChI is InChI=1S/C18H26N2O5S/c1-24-16-8-7-14(18(21)19-13-15-6-5-11-25-15)12-17(16)26(22,23)20-9-3-2-4-10-20/h7-8,12,15H,2-6,9-11,13H2,1H3,(H,19,21)/t15-/m1/s1. The first-order chi connectivity index (χ1) is 12.5. The molecule has 26 heavy (non-hydrogen) atoms. The molecule has 0 spiro atoms. The number of amides is 1. The van der Waals surface area contributed by atoms with Crippen LogP contribution in [0.25, 0.3) is 0 Å². The van der Waals surface area contributed by atoms with Gasteiger partial charge in [0.05, 0.1) is 13.2 Å². The molecular weight excluding hydrogens is 356 g/mol. The molecule has 144 valence electrons. The molecular formula is C18H26N2O5S. The number of carbonyl (C=O) groups excluding carboxylic acids is 1. The van der Waals surface area contributed by atoms with Gasteiger partial charge in [-0.05, 0) is 43.9 Å². The van der Waals surface area contributed by atoms with Crippen molar-refractivity contribution in [2.24, 2.45) is 0 Å². The van der Waals surface area contributed by atoms with Gasteiger partial charge in [-0.3, -0.25) is 4.79 Å². The van der Waals surface area contributed by atoms with E-state index in [2.05, 4.69) is 5.32 Å². The molecule has 1 N–H and O–H groups in total. The molecule has 0 aliphatic carbocycles. The number of piperidine rings is 1. The zero-order chi connectivity index (χ0) is 18.6. The molecule has 2 saturated heterocycles. The number of nitrogens with one attached hydrogen (secondary N) is 1. The lowest BCUT2D eigenvalue weighted by Crippen LogP contribution is -2.36. The average molecular weight is 382 g/mol. The number of methoxy groups -OCH3 is 1. The van der Waals surface area contributed by atoms with E-state index in [1.54, 1.807) is 6.07 Å². The van der Waals surface area contributed by atoms with Crippen LogP contribution in [-0.2, 0) is 14.8 Å². The molecule has 0 unspecified atom stereocenters. The minimum absolute atomic E-state index is 0.0359. The summed E-state index contributed by atoms with van der Waals surface area (Å²) in [6.07, 6.45) is 4.70. The summed E-state index contributed by atoms with van der Waals surface area (Å²) in [5.74, 6) is -0.0514. The van der Waals surface area contributed by atoms with Crippen molar-refractivity contribution >= 4 is 15.9 Å². The van der Waals surface area contributed by atoms with E-state index in [0.29, 0.717) is 25.2 Å². The van der Waals surface area contributed by atoms with Crippen molar-refractivity contribution in [1.82, 2.24) is 9.62 Å². The predicted molar refractivity (Wildman–Crippen MR) is 96.9 cm³/mol. The van der Waals surface area contributed by atoms with Gasteiger partial charge >= 0.3 is 0 Å². The lowest BCUT2D eigenvalue weighted by molar-refractivity contribution is 0.0857. The number of nitrogens with zero attached hydrogens (tertiary/aromatic N) is 1. The highest BCUT2D eigenvalue weighted by Gasteiger charge is 2.29. The van der Waals surface area contributed by atoms with Gasteiger partial charge in [-0.15, -0.1) is 0 Å². The first-order valence-corrected chi connectivity index (χ1v) is 10.5. The second-order valence-electron chi connectivity index (χ2n) is 6.68. The van der Waals surface area contributed by atoms with Gasteiger partial charge in [-0.2, -0.15) is 4.31 Å². The molecule has 0 aromatic heterocycles. The molecule has 7 nitrogen and oxygen atoms in total. The Kier molecular flexibility index (Phi) is 6.16. The Morgan fingerprint density at radius 2 is 2.04 bits per heavy atom. The van der Waals surface area contributed by atoms with Gasteiger partial charge in [-0.25, -0.2) is 8.42 Å². The van der Waals surface area contributed by atoms with Crippen molar-refractivity contribution in [3.05, 3.63) is 23.8 Å². The number of hydrogen-bond acceptors (Lipinski definition) is 5. The van der Waals surface area contributed by atoms with E-state index in [-0.39, 0.29) is 22.7 Å². The van der Waals surface area contributed by atoms with Crippen molar-refractivity contribution in [1.29, 1.82) is 0 Å². The maximum absolute atomic E-state index is 13.0. The Hall–Kier alpha value is -1.64. The lowest BCUT2D eigenvalue weighted by atomic mass is 10.2. The van der Waals surface area contributed by atoms with Crippen LogP contribution in [0.2, 0.25) is 0 Å². The Morgan fingerprint density at radius 1 is 1.27 bits per heavy atom. The number of rotatable bonds is 6. The first-order valence-electron chi connectivity index (χ1n) is 9.10. The molecule has 0 bridgehead atoms. The highest BCUT2D eigenvalue weighted by molar-refractivity contribution is 7.89. The lowest BCUT2D eigenvalue weighted by Gasteiger charge is -2.26. The first kappa shape index (κ1) is 19.1. The van der Waals surface area contributed by atoms with Crippen LogP contribution in [0.1, 0.15) is 42.5 Å². The third-order valence-corrected chi connectivity index (χ3v) is 6.79. The zero-order valence-corrected chi connectivity index (χ0v) is 15.9. The van der Waals surface area contributed by atoms with Gasteiger partial charge < -0.3 is 14.8 Å². The molecule has 0 radical (unpaired) electrons. The molecule has 1 amide bonds. The van der Waals surface area contributed by atoms with E-state index in [1.807, 2.05) is 0 Å². The van der Waals surface area contributed by atoms with Gasteiger partial charge in [0.2, 0.25) is 10.0 Å². The monoisotopic (exact) mass is 382 g/mol. The molecule has 2 aliphatic rings. The van der Waals surface area contributed by atoms with Crippen LogP contribution in [-0.4, -0.2) is 58.1 Å². The van der Waals surface area contributed by atoms with E-state index in [9.17, 15) is 13.2 Å². The minimum Gasteiger partial charge on any atom is -0.495 e. The molecule has 1 aromatic carbocycles. The largest absolute Gasteiger partial charge is 0.495 e. The van der Waals surface area contributed by atoms with Gasteiger partial charge in [0.25, 0.3) is 5.91 Å². The quantitative estimate of drug-likeness (QED) is 0.811. The fraction of sp³-hybridized carbons (Fsp3) is 0.611. The zero-order valence-electron chi connectivity index (χ0n) is 15.1. The van der Waals surface area contributed by atoms with Crippen LogP contribution >= 0.6 is 0 Å². The predicted octanol–water partition coefficient (Wildman–Crippen LogP) is 1.78. The number of benzene rings is 1. The normalized spacial score (nSPS) is 21.5. The van der Waals surface area contributed by atoms with E-state index in [4.69, 9.17) is 9.47 Å². The fourth-order valence-corrected chi connectivity index (χ4v) is 5.08. The van der Waals surface area contributed by atoms with Crippen LogP contribution in [0, 0.1) is 0 Å². The average Bonchev–Trinajstić information content (AvgIpc) is 3.20. The smallest absolute Gasteiger partial charge is 0.251 e. The van der Waals surface area contributed by atoms with Gasteiger partial charge in [0.15, 0.2) is 0 Å². The molecule has 1 atom stereocenters. The molecule has 8 heteroatoms. The number of hydrogen-bond donors (Lipinski definition) is 1. The molecule has 3 rings (SSSR count). The fourth-order valence-electron chi connectivity index (χ4n) is 3.38. The van der Waals surface area contributed by atoms with Crippen molar-refractivity contribution < 1.29 is 22.7 Å². The number of sulfonamides is 1. The van der Waals surface area contributed by atoms with Crippen molar-refractivity contribution in [2.75, 3.05) is 33.4 Å². The second kappa shape index (κ2) is 8.37. The number of ether oxygens (including phenoxy) is 2. The Morgan fingerprint density at radius 3 is 2.69 bits per heavy atom. The van der Waals surface area contributed by atoms with Gasteiger partial charge in [-0.1, -0.05) is 6.42 Å². The molecule has 1 aromatic rings. The van der Waals surface area contributed by atoms with Crippen LogP contribution in [0.15, 0.2) is 23.1 Å². The Balaban J connectivity index is 1.80. The second-order valence-corrected chi connectivity index (χ2v) is 8.58. The van der Waals surface area contributed by atoms with Gasteiger partial charge in [0.1, 0.15) is 10.6 Å². The van der Waals surface area contributed by atoms with Crippen LogP contribution in [0.4, 0.5) is 0 Å². The van der Waals surface area contributed by atoms with E-state index >= 15 is 0 Å². The highest BCUT2D eigenvalue weighted by Crippen LogP contribution is 2.29. The third kappa shape index (κ3) is 4.19. The minimum atomic E-state index is -3.69. The maximum Gasteiger partial charge on any atom is 0.251 e. The van der Waals surface area contributed by atoms with E-state index in [1.165, 1.54) is 23.5 Å².